The fourth-order valence-corrected chi connectivity index (χ4v) is 1.87. The van der Waals surface area contributed by atoms with Crippen LogP contribution in [0.5, 0.6) is 0 Å². The van der Waals surface area contributed by atoms with Gasteiger partial charge in [0, 0.05) is 10.7 Å². The molecule has 4 nitrogen and oxygen atoms in total. The number of pyridine rings is 1. The predicted molar refractivity (Wildman–Crippen MR) is 48.2 cm³/mol. The van der Waals surface area contributed by atoms with Crippen LogP contribution in [0, 0.1) is 5.82 Å². The number of nitrogens with two attached hydrogens (primary N) is 1. The van der Waals surface area contributed by atoms with Crippen molar-refractivity contribution < 1.29 is 21.6 Å². The van der Waals surface area contributed by atoms with E-state index in [4.69, 9.17) is 0 Å². The summed E-state index contributed by atoms with van der Waals surface area (Å²) in [5.74, 6) is -1.64. The zero-order valence-electron chi connectivity index (χ0n) is 6.92. The van der Waals surface area contributed by atoms with E-state index < -0.39 is 32.9 Å². The molecule has 0 aliphatic rings. The number of halogens is 4. The van der Waals surface area contributed by atoms with Gasteiger partial charge in [0.05, 0.1) is 5.56 Å². The van der Waals surface area contributed by atoms with Gasteiger partial charge >= 0.3 is 0 Å². The highest BCUT2D eigenvalue weighted by Gasteiger charge is 2.26. The molecule has 0 radical (unpaired) electrons. The first-order chi connectivity index (χ1) is 6.75. The monoisotopic (exact) mass is 304 g/mol. The van der Waals surface area contributed by atoms with Crippen molar-refractivity contribution in [3.8, 4) is 0 Å². The summed E-state index contributed by atoms with van der Waals surface area (Å²) >= 11 is 2.63. The van der Waals surface area contributed by atoms with E-state index in [2.05, 4.69) is 26.1 Å². The summed E-state index contributed by atoms with van der Waals surface area (Å²) in [5.41, 5.74) is -1.07. The van der Waals surface area contributed by atoms with Crippen molar-refractivity contribution in [2.75, 3.05) is 0 Å². The Morgan fingerprint density at radius 2 is 2.00 bits per heavy atom. The molecule has 1 rings (SSSR count). The number of aromatic nitrogens is 1. The normalized spacial score (nSPS) is 12.1. The molecule has 2 N–H and O–H groups in total. The van der Waals surface area contributed by atoms with Crippen LogP contribution < -0.4 is 5.14 Å². The molecule has 1 aromatic rings. The van der Waals surface area contributed by atoms with Crippen molar-refractivity contribution >= 4 is 26.0 Å². The van der Waals surface area contributed by atoms with Crippen molar-refractivity contribution in [3.05, 3.63) is 22.1 Å². The Morgan fingerprint density at radius 1 is 1.47 bits per heavy atom. The summed E-state index contributed by atoms with van der Waals surface area (Å²) in [6.07, 6.45) is -2.41. The first-order valence-electron chi connectivity index (χ1n) is 3.40. The van der Waals surface area contributed by atoms with E-state index in [1.54, 1.807) is 0 Å². The predicted octanol–water partition coefficient (Wildman–Crippen LogP) is 1.57. The molecule has 0 fully saturated rings. The van der Waals surface area contributed by atoms with Crippen LogP contribution in [0.3, 0.4) is 0 Å². The number of hydrogen-bond donors (Lipinski definition) is 1. The van der Waals surface area contributed by atoms with Crippen LogP contribution in [0.4, 0.5) is 13.2 Å². The number of primary sulfonamides is 1. The molecule has 0 aromatic carbocycles. The van der Waals surface area contributed by atoms with Crippen LogP contribution >= 0.6 is 15.9 Å². The second-order valence-corrected chi connectivity index (χ2v) is 4.82. The van der Waals surface area contributed by atoms with E-state index in [9.17, 15) is 21.6 Å². The van der Waals surface area contributed by atoms with Crippen molar-refractivity contribution in [1.82, 2.24) is 4.98 Å². The van der Waals surface area contributed by atoms with Crippen LogP contribution in [-0.4, -0.2) is 13.4 Å². The first-order valence-corrected chi connectivity index (χ1v) is 5.74. The molecule has 15 heavy (non-hydrogen) atoms. The van der Waals surface area contributed by atoms with E-state index in [0.717, 1.165) is 6.20 Å². The Kier molecular flexibility index (Phi) is 3.36. The molecule has 9 heteroatoms. The highest BCUT2D eigenvalue weighted by Crippen LogP contribution is 2.31. The molecular weight excluding hydrogens is 301 g/mol. The highest BCUT2D eigenvalue weighted by molar-refractivity contribution is 9.10. The van der Waals surface area contributed by atoms with Crippen molar-refractivity contribution in [1.29, 1.82) is 0 Å². The molecule has 0 saturated carbocycles. The van der Waals surface area contributed by atoms with Crippen molar-refractivity contribution in [2.45, 2.75) is 11.5 Å². The minimum Gasteiger partial charge on any atom is -0.240 e. The van der Waals surface area contributed by atoms with E-state index in [1.807, 2.05) is 0 Å². The van der Waals surface area contributed by atoms with Gasteiger partial charge in [-0.2, -0.15) is 0 Å². The average Bonchev–Trinajstić information content (AvgIpc) is 2.00. The molecule has 0 bridgehead atoms. The Hall–Kier alpha value is -0.670. The first kappa shape index (κ1) is 12.4. The van der Waals surface area contributed by atoms with Crippen molar-refractivity contribution in [3.63, 3.8) is 0 Å². The second-order valence-electron chi connectivity index (χ2n) is 2.48. The number of nitrogens with zero attached hydrogens (tertiary/aromatic N) is 1. The fraction of sp³-hybridized carbons (Fsp3) is 0.167. The molecular formula is C6H4BrF3N2O2S. The molecule has 0 unspecified atom stereocenters. The molecule has 0 aliphatic carbocycles. The molecule has 0 atom stereocenters. The lowest BCUT2D eigenvalue weighted by atomic mass is 10.3. The Labute approximate surface area is 91.5 Å². The van der Waals surface area contributed by atoms with Gasteiger partial charge < -0.3 is 0 Å². The van der Waals surface area contributed by atoms with Gasteiger partial charge in [-0.25, -0.2) is 31.7 Å². The molecule has 1 aromatic heterocycles. The van der Waals surface area contributed by atoms with E-state index in [1.165, 1.54) is 0 Å². The lowest BCUT2D eigenvalue weighted by molar-refractivity contribution is 0.144. The van der Waals surface area contributed by atoms with Gasteiger partial charge in [0.1, 0.15) is 0 Å². The maximum absolute atomic E-state index is 13.2. The fourth-order valence-electron chi connectivity index (χ4n) is 0.860. The van der Waals surface area contributed by atoms with Gasteiger partial charge in [0.15, 0.2) is 5.82 Å². The van der Waals surface area contributed by atoms with Crippen molar-refractivity contribution in [2.24, 2.45) is 5.14 Å². The third kappa shape index (κ3) is 2.47. The highest BCUT2D eigenvalue weighted by atomic mass is 79.9. The second kappa shape index (κ2) is 4.06. The molecule has 1 heterocycles. The smallest absolute Gasteiger partial charge is 0.240 e. The summed E-state index contributed by atoms with van der Waals surface area (Å²) in [7, 11) is -4.45. The third-order valence-corrected chi connectivity index (χ3v) is 2.92. The number of alkyl halides is 2. The molecule has 0 spiro atoms. The summed E-state index contributed by atoms with van der Waals surface area (Å²) in [6, 6.07) is 0. The molecule has 0 saturated heterocycles. The zero-order chi connectivity index (χ0) is 11.8. The van der Waals surface area contributed by atoms with Gasteiger partial charge in [-0.15, -0.1) is 0 Å². The Bertz CT molecular complexity index is 491. The summed E-state index contributed by atoms with van der Waals surface area (Å²) < 4.78 is 59.1. The maximum Gasteiger partial charge on any atom is 0.267 e. The van der Waals surface area contributed by atoms with Gasteiger partial charge in [-0.05, 0) is 15.9 Å². The third-order valence-electron chi connectivity index (χ3n) is 1.46. The topological polar surface area (TPSA) is 73.1 Å². The number of hydrogen-bond acceptors (Lipinski definition) is 3. The van der Waals surface area contributed by atoms with Crippen LogP contribution in [0.25, 0.3) is 0 Å². The van der Waals surface area contributed by atoms with Crippen LogP contribution in [0.1, 0.15) is 12.0 Å². The standard InChI is InChI=1S/C6H4BrF3N2O2S/c7-2-1-12-6(15(11,13)14)4(8)3(2)5(9)10/h1,5H,(H2,11,13,14). The SMILES string of the molecule is NS(=O)(=O)c1ncc(Br)c(C(F)F)c1F. The Balaban J connectivity index is 3.56. The molecule has 84 valence electrons. The Morgan fingerprint density at radius 3 is 2.40 bits per heavy atom. The minimum atomic E-state index is -4.45. The van der Waals surface area contributed by atoms with Crippen LogP contribution in [-0.2, 0) is 10.0 Å². The summed E-state index contributed by atoms with van der Waals surface area (Å²) in [6.45, 7) is 0. The number of rotatable bonds is 2. The number of sulfonamides is 1. The van der Waals surface area contributed by atoms with Gasteiger partial charge in [0.25, 0.3) is 16.4 Å². The molecule has 0 amide bonds. The van der Waals surface area contributed by atoms with E-state index in [0.29, 0.717) is 0 Å². The van der Waals surface area contributed by atoms with E-state index >= 15 is 0 Å². The maximum atomic E-state index is 13.2. The largest absolute Gasteiger partial charge is 0.267 e. The van der Waals surface area contributed by atoms with E-state index in [-0.39, 0.29) is 4.47 Å². The van der Waals surface area contributed by atoms with Gasteiger partial charge in [0.2, 0.25) is 5.03 Å². The van der Waals surface area contributed by atoms with Crippen LogP contribution in [0.15, 0.2) is 15.7 Å². The molecule has 0 aliphatic heterocycles. The van der Waals surface area contributed by atoms with Gasteiger partial charge in [-0.3, -0.25) is 0 Å². The summed E-state index contributed by atoms with van der Waals surface area (Å²) in [4.78, 5) is 3.12. The zero-order valence-corrected chi connectivity index (χ0v) is 9.32. The van der Waals surface area contributed by atoms with Gasteiger partial charge in [-0.1, -0.05) is 0 Å². The minimum absolute atomic E-state index is 0.317. The van der Waals surface area contributed by atoms with Crippen LogP contribution in [0.2, 0.25) is 0 Å². The lowest BCUT2D eigenvalue weighted by Gasteiger charge is -2.07. The average molecular weight is 305 g/mol. The lowest BCUT2D eigenvalue weighted by Crippen LogP contribution is -2.17. The summed E-state index contributed by atoms with van der Waals surface area (Å²) in [5, 5.41) is 3.39. The quantitative estimate of drug-likeness (QED) is 0.901.